The molecule has 2 rings (SSSR count). The highest BCUT2D eigenvalue weighted by molar-refractivity contribution is 7.15. The van der Waals surface area contributed by atoms with Crippen molar-refractivity contribution in [3.63, 3.8) is 0 Å². The second-order valence-electron chi connectivity index (χ2n) is 5.20. The minimum atomic E-state index is 0.0495. The topological polar surface area (TPSA) is 70.9 Å². The maximum absolute atomic E-state index is 8.78. The number of aliphatic hydroxyl groups is 1. The summed E-state index contributed by atoms with van der Waals surface area (Å²) >= 11 is 1.65. The number of thiazole rings is 1. The summed E-state index contributed by atoms with van der Waals surface area (Å²) in [5.41, 5.74) is 0.900. The first-order chi connectivity index (χ1) is 9.00. The van der Waals surface area contributed by atoms with E-state index in [1.807, 2.05) is 12.3 Å². The lowest BCUT2D eigenvalue weighted by atomic mass is 9.98. The first kappa shape index (κ1) is 13.9. The van der Waals surface area contributed by atoms with Gasteiger partial charge in [0.25, 0.3) is 0 Å². The Morgan fingerprint density at radius 1 is 1.32 bits per heavy atom. The van der Waals surface area contributed by atoms with E-state index in [0.717, 1.165) is 15.6 Å². The van der Waals surface area contributed by atoms with Gasteiger partial charge >= 0.3 is 0 Å². The van der Waals surface area contributed by atoms with Crippen LogP contribution in [0.3, 0.4) is 0 Å². The van der Waals surface area contributed by atoms with E-state index in [1.165, 1.54) is 0 Å². The third kappa shape index (κ3) is 3.48. The van der Waals surface area contributed by atoms with Crippen LogP contribution in [-0.2, 0) is 5.41 Å². The van der Waals surface area contributed by atoms with Gasteiger partial charge in [0.05, 0.1) is 22.2 Å². The molecule has 5 nitrogen and oxygen atoms in total. The lowest BCUT2D eigenvalue weighted by Gasteiger charge is -2.13. The van der Waals surface area contributed by atoms with Crippen LogP contribution in [0.15, 0.2) is 18.5 Å². The molecule has 0 aliphatic carbocycles. The van der Waals surface area contributed by atoms with Crippen LogP contribution in [0.1, 0.15) is 25.8 Å². The summed E-state index contributed by atoms with van der Waals surface area (Å²) < 4.78 is 0. The summed E-state index contributed by atoms with van der Waals surface area (Å²) in [4.78, 5) is 14.0. The van der Waals surface area contributed by atoms with E-state index < -0.39 is 0 Å². The number of anilines is 1. The average Bonchev–Trinajstić information content (AvgIpc) is 2.86. The van der Waals surface area contributed by atoms with Crippen LogP contribution < -0.4 is 5.32 Å². The molecule has 2 heterocycles. The fourth-order valence-corrected chi connectivity index (χ4v) is 2.43. The van der Waals surface area contributed by atoms with Crippen LogP contribution in [0.25, 0.3) is 10.6 Å². The molecule has 2 N–H and O–H groups in total. The smallest absolute Gasteiger partial charge is 0.223 e. The van der Waals surface area contributed by atoms with Crippen LogP contribution in [0.4, 0.5) is 5.95 Å². The van der Waals surface area contributed by atoms with Gasteiger partial charge in [-0.05, 0) is 6.07 Å². The number of aromatic nitrogens is 3. The summed E-state index contributed by atoms with van der Waals surface area (Å²) in [6, 6.07) is 1.87. The van der Waals surface area contributed by atoms with Crippen LogP contribution in [0, 0.1) is 0 Å². The predicted octanol–water partition coefficient (Wildman–Crippen LogP) is 2.30. The first-order valence-corrected chi connectivity index (χ1v) is 6.97. The molecule has 0 unspecified atom stereocenters. The van der Waals surface area contributed by atoms with E-state index in [9.17, 15) is 0 Å². The Labute approximate surface area is 116 Å². The maximum Gasteiger partial charge on any atom is 0.223 e. The molecule has 0 aliphatic rings. The standard InChI is InChI=1S/C13H18N4OS/c1-13(2,3)11-16-8-10(19-11)9-4-5-14-12(17-9)15-6-7-18/h4-5,8,18H,6-7H2,1-3H3,(H,14,15,17). The molecule has 2 aromatic rings. The van der Waals surface area contributed by atoms with Crippen molar-refractivity contribution in [3.05, 3.63) is 23.5 Å². The molecule has 2 aromatic heterocycles. The highest BCUT2D eigenvalue weighted by Crippen LogP contribution is 2.31. The summed E-state index contributed by atoms with van der Waals surface area (Å²) in [6.45, 7) is 6.93. The normalized spacial score (nSPS) is 11.6. The van der Waals surface area contributed by atoms with Crippen LogP contribution in [-0.4, -0.2) is 33.2 Å². The Bertz CT molecular complexity index is 548. The van der Waals surface area contributed by atoms with E-state index in [1.54, 1.807) is 17.5 Å². The minimum Gasteiger partial charge on any atom is -0.395 e. The Hall–Kier alpha value is -1.53. The Morgan fingerprint density at radius 3 is 2.74 bits per heavy atom. The van der Waals surface area contributed by atoms with Gasteiger partial charge in [0.1, 0.15) is 0 Å². The third-order valence-electron chi connectivity index (χ3n) is 2.45. The molecule has 0 bridgehead atoms. The Morgan fingerprint density at radius 2 is 2.11 bits per heavy atom. The number of nitrogens with zero attached hydrogens (tertiary/aromatic N) is 3. The highest BCUT2D eigenvalue weighted by Gasteiger charge is 2.18. The van der Waals surface area contributed by atoms with E-state index in [0.29, 0.717) is 12.5 Å². The van der Waals surface area contributed by atoms with Crippen molar-refractivity contribution in [1.82, 2.24) is 15.0 Å². The van der Waals surface area contributed by atoms with Gasteiger partial charge in [-0.15, -0.1) is 11.3 Å². The molecule has 0 radical (unpaired) electrons. The molecule has 0 saturated heterocycles. The number of hydrogen-bond donors (Lipinski definition) is 2. The molecule has 6 heteroatoms. The fraction of sp³-hybridized carbons (Fsp3) is 0.462. The Balaban J connectivity index is 2.24. The van der Waals surface area contributed by atoms with E-state index >= 15 is 0 Å². The summed E-state index contributed by atoms with van der Waals surface area (Å²) in [6.07, 6.45) is 3.56. The van der Waals surface area contributed by atoms with Crippen molar-refractivity contribution < 1.29 is 5.11 Å². The van der Waals surface area contributed by atoms with Crippen molar-refractivity contribution >= 4 is 17.3 Å². The van der Waals surface area contributed by atoms with Gasteiger partial charge in [0, 0.05) is 24.4 Å². The van der Waals surface area contributed by atoms with E-state index in [-0.39, 0.29) is 12.0 Å². The van der Waals surface area contributed by atoms with Gasteiger partial charge < -0.3 is 10.4 Å². The van der Waals surface area contributed by atoms with Crippen molar-refractivity contribution in [1.29, 1.82) is 0 Å². The lowest BCUT2D eigenvalue weighted by molar-refractivity contribution is 0.311. The Kier molecular flexibility index (Phi) is 4.11. The molecular weight excluding hydrogens is 260 g/mol. The van der Waals surface area contributed by atoms with Crippen molar-refractivity contribution in [3.8, 4) is 10.6 Å². The van der Waals surface area contributed by atoms with Gasteiger partial charge in [-0.25, -0.2) is 15.0 Å². The second-order valence-corrected chi connectivity index (χ2v) is 6.23. The van der Waals surface area contributed by atoms with E-state index in [4.69, 9.17) is 5.11 Å². The van der Waals surface area contributed by atoms with Crippen LogP contribution in [0.5, 0.6) is 0 Å². The zero-order chi connectivity index (χ0) is 13.9. The molecular formula is C13H18N4OS. The zero-order valence-electron chi connectivity index (χ0n) is 11.3. The largest absolute Gasteiger partial charge is 0.395 e. The summed E-state index contributed by atoms with van der Waals surface area (Å²) in [5.74, 6) is 0.525. The van der Waals surface area contributed by atoms with Crippen LogP contribution >= 0.6 is 11.3 Å². The average molecular weight is 278 g/mol. The lowest BCUT2D eigenvalue weighted by Crippen LogP contribution is -2.09. The van der Waals surface area contributed by atoms with Gasteiger partial charge in [0.2, 0.25) is 5.95 Å². The van der Waals surface area contributed by atoms with Gasteiger partial charge in [-0.3, -0.25) is 0 Å². The number of rotatable bonds is 4. The molecule has 102 valence electrons. The summed E-state index contributed by atoms with van der Waals surface area (Å²) in [7, 11) is 0. The molecule has 0 aromatic carbocycles. The van der Waals surface area contributed by atoms with Crippen LogP contribution in [0.2, 0.25) is 0 Å². The van der Waals surface area contributed by atoms with E-state index in [2.05, 4.69) is 41.0 Å². The number of aliphatic hydroxyl groups excluding tert-OH is 1. The highest BCUT2D eigenvalue weighted by atomic mass is 32.1. The van der Waals surface area contributed by atoms with Gasteiger partial charge in [-0.2, -0.15) is 0 Å². The van der Waals surface area contributed by atoms with Crippen molar-refractivity contribution in [2.24, 2.45) is 0 Å². The van der Waals surface area contributed by atoms with Gasteiger partial charge in [-0.1, -0.05) is 20.8 Å². The molecule has 0 fully saturated rings. The first-order valence-electron chi connectivity index (χ1n) is 6.15. The number of nitrogens with one attached hydrogen (secondary N) is 1. The van der Waals surface area contributed by atoms with Crippen molar-refractivity contribution in [2.75, 3.05) is 18.5 Å². The number of hydrogen-bond acceptors (Lipinski definition) is 6. The maximum atomic E-state index is 8.78. The molecule has 0 spiro atoms. The fourth-order valence-electron chi connectivity index (χ4n) is 1.49. The molecule has 0 saturated carbocycles. The minimum absolute atomic E-state index is 0.0495. The zero-order valence-corrected chi connectivity index (χ0v) is 12.2. The monoisotopic (exact) mass is 278 g/mol. The molecule has 19 heavy (non-hydrogen) atoms. The molecule has 0 amide bonds. The quantitative estimate of drug-likeness (QED) is 0.898. The summed E-state index contributed by atoms with van der Waals surface area (Å²) in [5, 5.41) is 12.8. The van der Waals surface area contributed by atoms with Crippen molar-refractivity contribution in [2.45, 2.75) is 26.2 Å². The SMILES string of the molecule is CC(C)(C)c1ncc(-c2ccnc(NCCO)n2)s1. The van der Waals surface area contributed by atoms with Gasteiger partial charge in [0.15, 0.2) is 0 Å². The molecule has 0 aliphatic heterocycles. The molecule has 0 atom stereocenters. The predicted molar refractivity (Wildman–Crippen MR) is 77.4 cm³/mol. The second kappa shape index (κ2) is 5.63. The third-order valence-corrected chi connectivity index (χ3v) is 3.90.